The van der Waals surface area contributed by atoms with E-state index in [1.165, 1.54) is 0 Å². The standard InChI is InChI=1S/C18H20N2O2/c1-13-6-8-16(9-7-13)20-17(21)10-11-19-18(22)15-5-3-4-14(2)12-15/h3-9,12H,10-11H2,1-2H3,(H,19,22)(H,20,21). The number of rotatable bonds is 5. The molecular weight excluding hydrogens is 276 g/mol. The largest absolute Gasteiger partial charge is 0.352 e. The third kappa shape index (κ3) is 4.74. The first-order valence-corrected chi connectivity index (χ1v) is 7.26. The molecule has 0 aliphatic rings. The fraction of sp³-hybridized carbons (Fsp3) is 0.222. The molecule has 114 valence electrons. The molecule has 0 spiro atoms. The molecule has 2 amide bonds. The SMILES string of the molecule is Cc1ccc(NC(=O)CCNC(=O)c2cccc(C)c2)cc1. The Balaban J connectivity index is 1.77. The van der Waals surface area contributed by atoms with E-state index in [9.17, 15) is 9.59 Å². The fourth-order valence-corrected chi connectivity index (χ4v) is 2.04. The normalized spacial score (nSPS) is 10.1. The Morgan fingerprint density at radius 2 is 1.68 bits per heavy atom. The van der Waals surface area contributed by atoms with Crippen molar-refractivity contribution in [2.75, 3.05) is 11.9 Å². The minimum absolute atomic E-state index is 0.117. The van der Waals surface area contributed by atoms with Crippen molar-refractivity contribution in [2.45, 2.75) is 20.3 Å². The van der Waals surface area contributed by atoms with Gasteiger partial charge in [0.05, 0.1) is 0 Å². The molecule has 2 N–H and O–H groups in total. The molecule has 2 aromatic carbocycles. The van der Waals surface area contributed by atoms with Crippen LogP contribution in [0.3, 0.4) is 0 Å². The van der Waals surface area contributed by atoms with Gasteiger partial charge in [-0.1, -0.05) is 35.4 Å². The number of nitrogens with one attached hydrogen (secondary N) is 2. The van der Waals surface area contributed by atoms with Crippen molar-refractivity contribution in [1.82, 2.24) is 5.32 Å². The second-order valence-electron chi connectivity index (χ2n) is 5.29. The molecule has 0 bridgehead atoms. The second-order valence-corrected chi connectivity index (χ2v) is 5.29. The number of amides is 2. The maximum absolute atomic E-state index is 11.9. The van der Waals surface area contributed by atoms with E-state index in [4.69, 9.17) is 0 Å². The highest BCUT2D eigenvalue weighted by molar-refractivity contribution is 5.95. The molecule has 22 heavy (non-hydrogen) atoms. The van der Waals surface area contributed by atoms with Crippen molar-refractivity contribution in [3.63, 3.8) is 0 Å². The lowest BCUT2D eigenvalue weighted by molar-refractivity contribution is -0.116. The highest BCUT2D eigenvalue weighted by Crippen LogP contribution is 2.08. The molecule has 0 aliphatic carbocycles. The molecular formula is C18H20N2O2. The summed E-state index contributed by atoms with van der Waals surface area (Å²) < 4.78 is 0. The van der Waals surface area contributed by atoms with Crippen LogP contribution in [0.2, 0.25) is 0 Å². The maximum atomic E-state index is 11.9. The monoisotopic (exact) mass is 296 g/mol. The molecule has 0 unspecified atom stereocenters. The van der Waals surface area contributed by atoms with Gasteiger partial charge in [-0.2, -0.15) is 0 Å². The molecule has 0 aliphatic heterocycles. The summed E-state index contributed by atoms with van der Waals surface area (Å²) in [4.78, 5) is 23.7. The van der Waals surface area contributed by atoms with Crippen LogP contribution in [0.25, 0.3) is 0 Å². The fourth-order valence-electron chi connectivity index (χ4n) is 2.04. The highest BCUT2D eigenvalue weighted by atomic mass is 16.2. The van der Waals surface area contributed by atoms with E-state index in [-0.39, 0.29) is 18.2 Å². The van der Waals surface area contributed by atoms with Crippen LogP contribution in [0, 0.1) is 13.8 Å². The second kappa shape index (κ2) is 7.41. The Kier molecular flexibility index (Phi) is 5.31. The van der Waals surface area contributed by atoms with E-state index >= 15 is 0 Å². The zero-order valence-corrected chi connectivity index (χ0v) is 12.8. The predicted octanol–water partition coefficient (Wildman–Crippen LogP) is 3.06. The van der Waals surface area contributed by atoms with Gasteiger partial charge in [0.1, 0.15) is 0 Å². The van der Waals surface area contributed by atoms with E-state index < -0.39 is 0 Å². The van der Waals surface area contributed by atoms with Crippen LogP contribution in [0.15, 0.2) is 48.5 Å². The number of carbonyl (C=O) groups excluding carboxylic acids is 2. The van der Waals surface area contributed by atoms with Crippen molar-refractivity contribution >= 4 is 17.5 Å². The van der Waals surface area contributed by atoms with Crippen LogP contribution in [0.4, 0.5) is 5.69 Å². The summed E-state index contributed by atoms with van der Waals surface area (Å²) in [6.45, 7) is 4.24. The summed E-state index contributed by atoms with van der Waals surface area (Å²) in [5.41, 5.74) is 3.55. The average Bonchev–Trinajstić information content (AvgIpc) is 2.49. The lowest BCUT2D eigenvalue weighted by Crippen LogP contribution is -2.27. The molecule has 0 aromatic heterocycles. The zero-order chi connectivity index (χ0) is 15.9. The number of benzene rings is 2. The van der Waals surface area contributed by atoms with Gasteiger partial charge in [-0.15, -0.1) is 0 Å². The molecule has 0 fully saturated rings. The summed E-state index contributed by atoms with van der Waals surface area (Å²) in [6.07, 6.45) is 0.242. The number of anilines is 1. The molecule has 0 saturated carbocycles. The molecule has 2 rings (SSSR count). The van der Waals surface area contributed by atoms with Gasteiger partial charge >= 0.3 is 0 Å². The summed E-state index contributed by atoms with van der Waals surface area (Å²) in [7, 11) is 0. The summed E-state index contributed by atoms with van der Waals surface area (Å²) in [5.74, 6) is -0.278. The zero-order valence-electron chi connectivity index (χ0n) is 12.8. The first kappa shape index (κ1) is 15.8. The molecule has 0 radical (unpaired) electrons. The Hall–Kier alpha value is -2.62. The number of hydrogen-bond donors (Lipinski definition) is 2. The first-order chi connectivity index (χ1) is 10.5. The topological polar surface area (TPSA) is 58.2 Å². The van der Waals surface area contributed by atoms with E-state index in [2.05, 4.69) is 10.6 Å². The van der Waals surface area contributed by atoms with Crippen LogP contribution < -0.4 is 10.6 Å². The summed E-state index contributed by atoms with van der Waals surface area (Å²) in [5, 5.41) is 5.55. The molecule has 0 saturated heterocycles. The lowest BCUT2D eigenvalue weighted by atomic mass is 10.1. The van der Waals surface area contributed by atoms with Crippen molar-refractivity contribution in [1.29, 1.82) is 0 Å². The first-order valence-electron chi connectivity index (χ1n) is 7.26. The Morgan fingerprint density at radius 3 is 2.36 bits per heavy atom. The van der Waals surface area contributed by atoms with E-state index in [0.717, 1.165) is 16.8 Å². The van der Waals surface area contributed by atoms with Crippen molar-refractivity contribution < 1.29 is 9.59 Å². The third-order valence-electron chi connectivity index (χ3n) is 3.25. The van der Waals surface area contributed by atoms with Crippen LogP contribution >= 0.6 is 0 Å². The number of hydrogen-bond acceptors (Lipinski definition) is 2. The molecule has 4 heteroatoms. The third-order valence-corrected chi connectivity index (χ3v) is 3.25. The van der Waals surface area contributed by atoms with Gasteiger partial charge < -0.3 is 10.6 Å². The van der Waals surface area contributed by atoms with Crippen LogP contribution in [0.1, 0.15) is 27.9 Å². The Bertz CT molecular complexity index is 663. The van der Waals surface area contributed by atoms with Crippen molar-refractivity contribution in [3.05, 3.63) is 65.2 Å². The van der Waals surface area contributed by atoms with Crippen molar-refractivity contribution in [2.24, 2.45) is 0 Å². The lowest BCUT2D eigenvalue weighted by Gasteiger charge is -2.07. The van der Waals surface area contributed by atoms with Gasteiger partial charge in [-0.25, -0.2) is 0 Å². The Labute approximate surface area is 130 Å². The molecule has 0 atom stereocenters. The summed E-state index contributed by atoms with van der Waals surface area (Å²) >= 11 is 0. The molecule has 4 nitrogen and oxygen atoms in total. The minimum atomic E-state index is -0.160. The smallest absolute Gasteiger partial charge is 0.251 e. The van der Waals surface area contributed by atoms with Crippen LogP contribution in [-0.4, -0.2) is 18.4 Å². The van der Waals surface area contributed by atoms with Gasteiger partial charge in [-0.05, 0) is 38.1 Å². The molecule has 2 aromatic rings. The van der Waals surface area contributed by atoms with Gasteiger partial charge in [0.25, 0.3) is 5.91 Å². The predicted molar refractivity (Wildman–Crippen MR) is 87.9 cm³/mol. The highest BCUT2D eigenvalue weighted by Gasteiger charge is 2.07. The van der Waals surface area contributed by atoms with E-state index in [1.54, 1.807) is 6.07 Å². The van der Waals surface area contributed by atoms with Gasteiger partial charge in [-0.3, -0.25) is 9.59 Å². The van der Waals surface area contributed by atoms with Crippen LogP contribution in [-0.2, 0) is 4.79 Å². The quantitative estimate of drug-likeness (QED) is 0.891. The summed E-state index contributed by atoms with van der Waals surface area (Å²) in [6, 6.07) is 15.0. The van der Waals surface area contributed by atoms with Gasteiger partial charge in [0.2, 0.25) is 5.91 Å². The maximum Gasteiger partial charge on any atom is 0.251 e. The number of aryl methyl sites for hydroxylation is 2. The molecule has 0 heterocycles. The van der Waals surface area contributed by atoms with E-state index in [0.29, 0.717) is 12.1 Å². The average molecular weight is 296 g/mol. The number of carbonyl (C=O) groups is 2. The van der Waals surface area contributed by atoms with Gasteiger partial charge in [0, 0.05) is 24.2 Å². The van der Waals surface area contributed by atoms with Crippen molar-refractivity contribution in [3.8, 4) is 0 Å². The van der Waals surface area contributed by atoms with Gasteiger partial charge in [0.15, 0.2) is 0 Å². The van der Waals surface area contributed by atoms with Crippen LogP contribution in [0.5, 0.6) is 0 Å². The van der Waals surface area contributed by atoms with E-state index in [1.807, 2.05) is 56.3 Å². The Morgan fingerprint density at radius 1 is 0.955 bits per heavy atom. The minimum Gasteiger partial charge on any atom is -0.352 e.